The lowest BCUT2D eigenvalue weighted by Gasteiger charge is -2.33. The quantitative estimate of drug-likeness (QED) is 0.584. The van der Waals surface area contributed by atoms with Crippen molar-refractivity contribution >= 4 is 46.5 Å². The number of hydrogen-bond acceptors (Lipinski definition) is 6. The molecule has 0 bridgehead atoms. The van der Waals surface area contributed by atoms with Crippen LogP contribution in [-0.2, 0) is 14.5 Å². The van der Waals surface area contributed by atoms with Crippen LogP contribution in [0.15, 0.2) is 78.0 Å². The molecule has 3 unspecified atom stereocenters. The molecule has 2 N–H and O–H groups in total. The summed E-state index contributed by atoms with van der Waals surface area (Å²) in [5.74, 6) is 0.633. The second kappa shape index (κ2) is 6.67. The largest absolute Gasteiger partial charge is 0.508 e. The SMILES string of the molecule is O=C1Nc2ccccc2C12SC1C(=NOC1c1ccccc1O)N2c1ccc(Cl)cc1. The Hall–Kier alpha value is -3.16. The molecule has 1 spiro atoms. The van der Waals surface area contributed by atoms with Gasteiger partial charge in [-0.1, -0.05) is 53.2 Å². The Labute approximate surface area is 187 Å². The minimum Gasteiger partial charge on any atom is -0.508 e. The zero-order chi connectivity index (χ0) is 21.2. The van der Waals surface area contributed by atoms with E-state index in [9.17, 15) is 9.90 Å². The minimum atomic E-state index is -1.04. The van der Waals surface area contributed by atoms with Crippen LogP contribution in [0.4, 0.5) is 11.4 Å². The van der Waals surface area contributed by atoms with Crippen molar-refractivity contribution in [2.24, 2.45) is 5.16 Å². The minimum absolute atomic E-state index is 0.137. The van der Waals surface area contributed by atoms with Gasteiger partial charge in [0, 0.05) is 27.5 Å². The number of para-hydroxylation sites is 2. The molecule has 31 heavy (non-hydrogen) atoms. The number of nitrogens with one attached hydrogen (secondary N) is 1. The molecule has 3 aliphatic heterocycles. The predicted molar refractivity (Wildman–Crippen MR) is 121 cm³/mol. The lowest BCUT2D eigenvalue weighted by molar-refractivity contribution is -0.117. The molecule has 0 aromatic heterocycles. The summed E-state index contributed by atoms with van der Waals surface area (Å²) in [7, 11) is 0. The number of rotatable bonds is 2. The summed E-state index contributed by atoms with van der Waals surface area (Å²) in [5, 5.41) is 18.2. The van der Waals surface area contributed by atoms with Crippen molar-refractivity contribution in [1.29, 1.82) is 0 Å². The first-order chi connectivity index (χ1) is 15.1. The molecule has 3 atom stereocenters. The van der Waals surface area contributed by atoms with Crippen molar-refractivity contribution in [1.82, 2.24) is 0 Å². The van der Waals surface area contributed by atoms with Crippen LogP contribution in [0.1, 0.15) is 17.2 Å². The molecule has 0 aliphatic carbocycles. The van der Waals surface area contributed by atoms with Crippen molar-refractivity contribution in [2.45, 2.75) is 16.2 Å². The number of carbonyl (C=O) groups is 1. The molecule has 3 aromatic rings. The molecular formula is C23H16ClN3O3S. The third-order valence-corrected chi connectivity index (χ3v) is 7.70. The number of hydrogen-bond donors (Lipinski definition) is 2. The monoisotopic (exact) mass is 449 g/mol. The fraction of sp³-hybridized carbons (Fsp3) is 0.130. The average molecular weight is 450 g/mol. The number of nitrogens with zero attached hydrogens (tertiary/aromatic N) is 2. The Balaban J connectivity index is 1.54. The van der Waals surface area contributed by atoms with E-state index < -0.39 is 11.0 Å². The number of phenols is 1. The second-order valence-corrected chi connectivity index (χ2v) is 9.30. The summed E-state index contributed by atoms with van der Waals surface area (Å²) in [6.45, 7) is 0. The maximum atomic E-state index is 13.5. The van der Waals surface area contributed by atoms with Gasteiger partial charge in [-0.2, -0.15) is 0 Å². The van der Waals surface area contributed by atoms with Gasteiger partial charge in [0.1, 0.15) is 11.0 Å². The molecule has 1 fully saturated rings. The van der Waals surface area contributed by atoms with Crippen LogP contribution in [0.3, 0.4) is 0 Å². The molecule has 0 saturated carbocycles. The molecule has 0 radical (unpaired) electrons. The molecule has 3 heterocycles. The zero-order valence-electron chi connectivity index (χ0n) is 16.0. The number of halogens is 1. The Bertz CT molecular complexity index is 1250. The van der Waals surface area contributed by atoms with Crippen LogP contribution in [-0.4, -0.2) is 22.1 Å². The van der Waals surface area contributed by atoms with Gasteiger partial charge >= 0.3 is 0 Å². The Morgan fingerprint density at radius 1 is 1.06 bits per heavy atom. The zero-order valence-corrected chi connectivity index (χ0v) is 17.6. The molecule has 3 aromatic carbocycles. The average Bonchev–Trinajstić information content (AvgIpc) is 3.41. The van der Waals surface area contributed by atoms with Crippen LogP contribution in [0, 0.1) is 0 Å². The van der Waals surface area contributed by atoms with Gasteiger partial charge in [0.15, 0.2) is 11.9 Å². The van der Waals surface area contributed by atoms with Gasteiger partial charge in [-0.3, -0.25) is 9.69 Å². The Morgan fingerprint density at radius 2 is 1.81 bits per heavy atom. The Morgan fingerprint density at radius 3 is 2.61 bits per heavy atom. The molecule has 3 aliphatic rings. The standard InChI is InChI=1S/C23H16ClN3O3S/c24-13-9-11-14(12-10-13)27-21-20(19(30-26-21)15-5-1-4-8-18(15)28)31-23(27)16-6-2-3-7-17(16)25-22(23)29/h1-12,19-20,28H,(H,25,29). The summed E-state index contributed by atoms with van der Waals surface area (Å²) in [5.41, 5.74) is 3.07. The highest BCUT2D eigenvalue weighted by atomic mass is 35.5. The molecule has 8 heteroatoms. The maximum absolute atomic E-state index is 13.5. The van der Waals surface area contributed by atoms with Crippen molar-refractivity contribution in [3.8, 4) is 5.75 Å². The summed E-state index contributed by atoms with van der Waals surface area (Å²) in [6.07, 6.45) is -0.518. The summed E-state index contributed by atoms with van der Waals surface area (Å²) in [4.78, 5) is 20.2. The predicted octanol–water partition coefficient (Wildman–Crippen LogP) is 4.86. The molecular weight excluding hydrogens is 434 g/mol. The molecule has 154 valence electrons. The van der Waals surface area contributed by atoms with Crippen LogP contribution in [0.25, 0.3) is 0 Å². The molecule has 6 rings (SSSR count). The topological polar surface area (TPSA) is 74.2 Å². The first kappa shape index (κ1) is 18.6. The van der Waals surface area contributed by atoms with Gasteiger partial charge in [-0.05, 0) is 36.4 Å². The van der Waals surface area contributed by atoms with E-state index in [0.717, 1.165) is 16.9 Å². The van der Waals surface area contributed by atoms with E-state index in [0.29, 0.717) is 16.4 Å². The van der Waals surface area contributed by atoms with Crippen molar-refractivity contribution < 1.29 is 14.7 Å². The number of aromatic hydroxyl groups is 1. The third kappa shape index (κ3) is 2.53. The van der Waals surface area contributed by atoms with Crippen LogP contribution < -0.4 is 10.2 Å². The van der Waals surface area contributed by atoms with E-state index in [1.165, 1.54) is 11.8 Å². The number of anilines is 2. The second-order valence-electron chi connectivity index (χ2n) is 7.53. The lowest BCUT2D eigenvalue weighted by Crippen LogP contribution is -2.47. The smallest absolute Gasteiger partial charge is 0.266 e. The number of amides is 1. The van der Waals surface area contributed by atoms with E-state index in [4.69, 9.17) is 16.4 Å². The number of carbonyl (C=O) groups excluding carboxylic acids is 1. The fourth-order valence-corrected chi connectivity index (χ4v) is 6.28. The van der Waals surface area contributed by atoms with Crippen LogP contribution >= 0.6 is 23.4 Å². The number of benzene rings is 3. The third-order valence-electron chi connectivity index (χ3n) is 5.81. The van der Waals surface area contributed by atoms with E-state index in [-0.39, 0.29) is 16.9 Å². The summed E-state index contributed by atoms with van der Waals surface area (Å²) < 4.78 is 0. The van der Waals surface area contributed by atoms with E-state index in [1.54, 1.807) is 24.3 Å². The van der Waals surface area contributed by atoms with Gasteiger partial charge < -0.3 is 15.3 Å². The number of phenolic OH excluding ortho intramolecular Hbond substituents is 1. The number of fused-ring (bicyclic) bond motifs is 3. The maximum Gasteiger partial charge on any atom is 0.266 e. The first-order valence-corrected chi connectivity index (χ1v) is 11.0. The van der Waals surface area contributed by atoms with Gasteiger partial charge in [0.2, 0.25) is 4.87 Å². The van der Waals surface area contributed by atoms with Gasteiger partial charge in [0.25, 0.3) is 5.91 Å². The fourth-order valence-electron chi connectivity index (χ4n) is 4.44. The van der Waals surface area contributed by atoms with E-state index in [1.807, 2.05) is 53.4 Å². The Kier molecular flexibility index (Phi) is 4.00. The number of amidine groups is 1. The van der Waals surface area contributed by atoms with Gasteiger partial charge in [0.05, 0.1) is 0 Å². The van der Waals surface area contributed by atoms with Gasteiger partial charge in [-0.15, -0.1) is 11.8 Å². The summed E-state index contributed by atoms with van der Waals surface area (Å²) in [6, 6.07) is 22.1. The highest BCUT2D eigenvalue weighted by Crippen LogP contribution is 2.60. The van der Waals surface area contributed by atoms with Gasteiger partial charge in [-0.25, -0.2) is 0 Å². The molecule has 6 nitrogen and oxygen atoms in total. The van der Waals surface area contributed by atoms with Crippen LogP contribution in [0.5, 0.6) is 5.75 Å². The number of thioether (sulfide) groups is 1. The van der Waals surface area contributed by atoms with Crippen molar-refractivity contribution in [3.05, 3.63) is 88.9 Å². The van der Waals surface area contributed by atoms with Crippen LogP contribution in [0.2, 0.25) is 5.02 Å². The van der Waals surface area contributed by atoms with Crippen molar-refractivity contribution in [3.63, 3.8) is 0 Å². The summed E-state index contributed by atoms with van der Waals surface area (Å²) >= 11 is 7.60. The van der Waals surface area contributed by atoms with E-state index in [2.05, 4.69) is 10.5 Å². The molecule has 1 saturated heterocycles. The normalized spacial score (nSPS) is 25.8. The van der Waals surface area contributed by atoms with Crippen molar-refractivity contribution in [2.75, 3.05) is 10.2 Å². The molecule has 1 amide bonds. The first-order valence-electron chi connectivity index (χ1n) is 9.76. The van der Waals surface area contributed by atoms with E-state index >= 15 is 0 Å². The highest BCUT2D eigenvalue weighted by Gasteiger charge is 2.64. The number of oxime groups is 1. The highest BCUT2D eigenvalue weighted by molar-refractivity contribution is 8.03. The lowest BCUT2D eigenvalue weighted by atomic mass is 10.0.